The summed E-state index contributed by atoms with van der Waals surface area (Å²) in [5, 5.41) is 0. The highest BCUT2D eigenvalue weighted by Gasteiger charge is 2.30. The lowest BCUT2D eigenvalue weighted by Crippen LogP contribution is -2.29. The maximum Gasteiger partial charge on any atom is 0.222 e. The van der Waals surface area contributed by atoms with Gasteiger partial charge in [-0.25, -0.2) is 4.98 Å². The van der Waals surface area contributed by atoms with Crippen LogP contribution in [0.2, 0.25) is 0 Å². The fourth-order valence-corrected chi connectivity index (χ4v) is 3.22. The molecule has 106 valence electrons. The second-order valence-electron chi connectivity index (χ2n) is 5.52. The molecule has 6 heteroatoms. The van der Waals surface area contributed by atoms with Crippen LogP contribution in [0.1, 0.15) is 29.7 Å². The van der Waals surface area contributed by atoms with Crippen LogP contribution in [0.4, 0.5) is 5.82 Å². The van der Waals surface area contributed by atoms with E-state index in [-0.39, 0.29) is 11.8 Å². The lowest BCUT2D eigenvalue weighted by atomic mass is 10.1. The highest BCUT2D eigenvalue weighted by molar-refractivity contribution is 7.80. The SMILES string of the molecule is NC(=O)C1CCN(c2nc3c(cc2C(N)=S)CCC3)C1. The molecule has 0 spiro atoms. The van der Waals surface area contributed by atoms with Crippen molar-refractivity contribution in [2.24, 2.45) is 17.4 Å². The second-order valence-corrected chi connectivity index (χ2v) is 5.96. The van der Waals surface area contributed by atoms with E-state index in [9.17, 15) is 4.79 Å². The number of hydrogen-bond donors (Lipinski definition) is 2. The molecule has 1 amide bonds. The van der Waals surface area contributed by atoms with E-state index in [0.29, 0.717) is 11.5 Å². The van der Waals surface area contributed by atoms with E-state index >= 15 is 0 Å². The van der Waals surface area contributed by atoms with Gasteiger partial charge in [0.2, 0.25) is 5.91 Å². The molecule has 1 unspecified atom stereocenters. The van der Waals surface area contributed by atoms with Crippen LogP contribution in [0.3, 0.4) is 0 Å². The van der Waals surface area contributed by atoms with Gasteiger partial charge in [0.15, 0.2) is 0 Å². The molecule has 20 heavy (non-hydrogen) atoms. The molecule has 2 aliphatic rings. The topological polar surface area (TPSA) is 85.2 Å². The minimum Gasteiger partial charge on any atom is -0.389 e. The fourth-order valence-electron chi connectivity index (χ4n) is 3.07. The molecule has 0 aromatic carbocycles. The Morgan fingerprint density at radius 3 is 2.85 bits per heavy atom. The minimum absolute atomic E-state index is 0.107. The molecule has 1 aromatic rings. The smallest absolute Gasteiger partial charge is 0.222 e. The predicted molar refractivity (Wildman–Crippen MR) is 81.7 cm³/mol. The van der Waals surface area contributed by atoms with Crippen molar-refractivity contribution < 1.29 is 4.79 Å². The summed E-state index contributed by atoms with van der Waals surface area (Å²) >= 11 is 5.16. The van der Waals surface area contributed by atoms with Crippen LogP contribution in [0.15, 0.2) is 6.07 Å². The molecule has 0 radical (unpaired) electrons. The number of nitrogens with two attached hydrogens (primary N) is 2. The van der Waals surface area contributed by atoms with Crippen molar-refractivity contribution in [1.29, 1.82) is 0 Å². The number of aromatic nitrogens is 1. The highest BCUT2D eigenvalue weighted by atomic mass is 32.1. The second kappa shape index (κ2) is 5.01. The van der Waals surface area contributed by atoms with Gasteiger partial charge in [0.05, 0.1) is 11.5 Å². The highest BCUT2D eigenvalue weighted by Crippen LogP contribution is 2.30. The van der Waals surface area contributed by atoms with Gasteiger partial charge < -0.3 is 16.4 Å². The van der Waals surface area contributed by atoms with Crippen LogP contribution in [-0.2, 0) is 17.6 Å². The quantitative estimate of drug-likeness (QED) is 0.793. The number of pyridine rings is 1. The largest absolute Gasteiger partial charge is 0.389 e. The Kier molecular flexibility index (Phi) is 3.33. The lowest BCUT2D eigenvalue weighted by molar-refractivity contribution is -0.121. The zero-order valence-corrected chi connectivity index (χ0v) is 12.1. The number of carbonyl (C=O) groups excluding carboxylic acids is 1. The molecule has 5 nitrogen and oxygen atoms in total. The first kappa shape index (κ1) is 13.3. The Labute approximate surface area is 123 Å². The first-order chi connectivity index (χ1) is 9.56. The average Bonchev–Trinajstić information content (AvgIpc) is 3.05. The zero-order chi connectivity index (χ0) is 14.3. The Morgan fingerprint density at radius 1 is 1.40 bits per heavy atom. The summed E-state index contributed by atoms with van der Waals surface area (Å²) in [7, 11) is 0. The fraction of sp³-hybridized carbons (Fsp3) is 0.500. The van der Waals surface area contributed by atoms with E-state index in [1.165, 1.54) is 5.56 Å². The number of thiocarbonyl (C=S) groups is 1. The third-order valence-corrected chi connectivity index (χ3v) is 4.41. The van der Waals surface area contributed by atoms with E-state index in [1.54, 1.807) is 0 Å². The van der Waals surface area contributed by atoms with Gasteiger partial charge in [-0.1, -0.05) is 12.2 Å². The van der Waals surface area contributed by atoms with Gasteiger partial charge in [-0.05, 0) is 37.3 Å². The molecule has 1 fully saturated rings. The molecule has 0 saturated carbocycles. The molecule has 1 atom stereocenters. The summed E-state index contributed by atoms with van der Waals surface area (Å²) in [6.07, 6.45) is 3.95. The van der Waals surface area contributed by atoms with Gasteiger partial charge in [-0.3, -0.25) is 4.79 Å². The molecule has 1 aliphatic carbocycles. The van der Waals surface area contributed by atoms with Crippen LogP contribution < -0.4 is 16.4 Å². The Balaban J connectivity index is 1.96. The molecule has 1 aromatic heterocycles. The van der Waals surface area contributed by atoms with Crippen molar-refractivity contribution in [3.63, 3.8) is 0 Å². The van der Waals surface area contributed by atoms with Gasteiger partial charge in [-0.15, -0.1) is 0 Å². The molecular weight excluding hydrogens is 272 g/mol. The van der Waals surface area contributed by atoms with Crippen molar-refractivity contribution >= 4 is 28.9 Å². The van der Waals surface area contributed by atoms with Gasteiger partial charge in [0, 0.05) is 18.8 Å². The molecule has 4 N–H and O–H groups in total. The maximum atomic E-state index is 11.3. The van der Waals surface area contributed by atoms with E-state index in [0.717, 1.165) is 49.3 Å². The molecule has 3 rings (SSSR count). The number of rotatable bonds is 3. The summed E-state index contributed by atoms with van der Waals surface area (Å²) in [4.78, 5) is 18.5. The molecule has 0 bridgehead atoms. The summed E-state index contributed by atoms with van der Waals surface area (Å²) in [5.74, 6) is 0.469. The van der Waals surface area contributed by atoms with Crippen molar-refractivity contribution in [2.75, 3.05) is 18.0 Å². The molecule has 2 heterocycles. The number of nitrogens with zero attached hydrogens (tertiary/aromatic N) is 2. The summed E-state index contributed by atoms with van der Waals surface area (Å²) in [5.41, 5.74) is 14.5. The number of carbonyl (C=O) groups is 1. The zero-order valence-electron chi connectivity index (χ0n) is 11.3. The third kappa shape index (κ3) is 2.24. The maximum absolute atomic E-state index is 11.3. The first-order valence-electron chi connectivity index (χ1n) is 6.93. The number of amides is 1. The number of primary amides is 1. The predicted octanol–water partition coefficient (Wildman–Crippen LogP) is 0.516. The number of hydrogen-bond acceptors (Lipinski definition) is 4. The average molecular weight is 290 g/mol. The Hall–Kier alpha value is -1.69. The summed E-state index contributed by atoms with van der Waals surface area (Å²) in [6.45, 7) is 1.38. The van der Waals surface area contributed by atoms with Gasteiger partial charge in [0.1, 0.15) is 10.8 Å². The number of aryl methyl sites for hydroxylation is 2. The lowest BCUT2D eigenvalue weighted by Gasteiger charge is -2.21. The number of anilines is 1. The van der Waals surface area contributed by atoms with E-state index in [1.807, 2.05) is 0 Å². The van der Waals surface area contributed by atoms with Crippen molar-refractivity contribution in [3.8, 4) is 0 Å². The van der Waals surface area contributed by atoms with E-state index in [4.69, 9.17) is 28.7 Å². The molecule has 1 aliphatic heterocycles. The first-order valence-corrected chi connectivity index (χ1v) is 7.34. The van der Waals surface area contributed by atoms with Crippen LogP contribution >= 0.6 is 12.2 Å². The van der Waals surface area contributed by atoms with Crippen LogP contribution in [0.5, 0.6) is 0 Å². The van der Waals surface area contributed by atoms with Crippen molar-refractivity contribution in [1.82, 2.24) is 4.98 Å². The number of fused-ring (bicyclic) bond motifs is 1. The summed E-state index contributed by atoms with van der Waals surface area (Å²) in [6, 6.07) is 2.07. The van der Waals surface area contributed by atoms with Gasteiger partial charge in [0.25, 0.3) is 0 Å². The monoisotopic (exact) mass is 290 g/mol. The third-order valence-electron chi connectivity index (χ3n) is 4.19. The molecule has 1 saturated heterocycles. The van der Waals surface area contributed by atoms with Crippen LogP contribution in [0.25, 0.3) is 0 Å². The Bertz CT molecular complexity index is 587. The Morgan fingerprint density at radius 2 is 2.20 bits per heavy atom. The van der Waals surface area contributed by atoms with Gasteiger partial charge in [-0.2, -0.15) is 0 Å². The normalized spacial score (nSPS) is 21.0. The van der Waals surface area contributed by atoms with E-state index in [2.05, 4.69) is 11.0 Å². The molecular formula is C14H18N4OS. The van der Waals surface area contributed by atoms with Crippen LogP contribution in [-0.4, -0.2) is 29.0 Å². The van der Waals surface area contributed by atoms with Crippen molar-refractivity contribution in [3.05, 3.63) is 22.9 Å². The van der Waals surface area contributed by atoms with Gasteiger partial charge >= 0.3 is 0 Å². The standard InChI is InChI=1S/C14H18N4OS/c15-12(19)9-4-5-18(7-9)14-10(13(16)20)6-8-2-1-3-11(8)17-14/h6,9H,1-5,7H2,(H2,15,19)(H2,16,20). The minimum atomic E-state index is -0.245. The van der Waals surface area contributed by atoms with Crippen LogP contribution in [0, 0.1) is 5.92 Å². The summed E-state index contributed by atoms with van der Waals surface area (Å²) < 4.78 is 0. The van der Waals surface area contributed by atoms with E-state index < -0.39 is 0 Å². The van der Waals surface area contributed by atoms with Crippen molar-refractivity contribution in [2.45, 2.75) is 25.7 Å².